The third-order valence-corrected chi connectivity index (χ3v) is 4.20. The second-order valence-corrected chi connectivity index (χ2v) is 6.91. The van der Waals surface area contributed by atoms with E-state index in [0.717, 1.165) is 23.3 Å². The zero-order valence-electron chi connectivity index (χ0n) is 14.4. The van der Waals surface area contributed by atoms with Crippen LogP contribution in [0.5, 0.6) is 5.75 Å². The summed E-state index contributed by atoms with van der Waals surface area (Å²) in [5.74, 6) is 0.759. The Bertz CT molecular complexity index is 760. The maximum Gasteiger partial charge on any atom is 0.244 e. The molecule has 0 unspecified atom stereocenters. The Kier molecular flexibility index (Phi) is 4.43. The Morgan fingerprint density at radius 2 is 1.88 bits per heavy atom. The van der Waals surface area contributed by atoms with Gasteiger partial charge in [0.15, 0.2) is 0 Å². The van der Waals surface area contributed by atoms with Crippen molar-refractivity contribution in [3.63, 3.8) is 0 Å². The lowest BCUT2D eigenvalue weighted by atomic mass is 9.89. The Labute approximate surface area is 143 Å². The fourth-order valence-electron chi connectivity index (χ4n) is 3.00. The first-order valence-corrected chi connectivity index (χ1v) is 8.26. The number of carbonyl (C=O) groups excluding carboxylic acids is 1. The number of hydrogen-bond acceptors (Lipinski definition) is 2. The van der Waals surface area contributed by atoms with Crippen LogP contribution in [0.3, 0.4) is 0 Å². The number of ether oxygens (including phenoxy) is 1. The Balaban J connectivity index is 1.73. The van der Waals surface area contributed by atoms with Crippen molar-refractivity contribution in [1.29, 1.82) is 0 Å². The zero-order valence-corrected chi connectivity index (χ0v) is 14.4. The molecule has 124 valence electrons. The largest absolute Gasteiger partial charge is 0.487 e. The van der Waals surface area contributed by atoms with Gasteiger partial charge in [0.25, 0.3) is 0 Å². The molecule has 2 aromatic rings. The molecular weight excluding hydrogens is 298 g/mol. The average Bonchev–Trinajstić information content (AvgIpc) is 2.53. The average molecular weight is 321 g/mol. The predicted molar refractivity (Wildman–Crippen MR) is 96.9 cm³/mol. The van der Waals surface area contributed by atoms with E-state index < -0.39 is 0 Å². The minimum Gasteiger partial charge on any atom is -0.487 e. The summed E-state index contributed by atoms with van der Waals surface area (Å²) in [4.78, 5) is 12.3. The number of rotatable bonds is 3. The van der Waals surface area contributed by atoms with E-state index in [1.165, 1.54) is 5.56 Å². The molecule has 1 aliphatic rings. The lowest BCUT2D eigenvalue weighted by Crippen LogP contribution is -2.40. The highest BCUT2D eigenvalue weighted by Gasteiger charge is 2.33. The summed E-state index contributed by atoms with van der Waals surface area (Å²) in [5, 5.41) is 3.11. The smallest absolute Gasteiger partial charge is 0.244 e. The molecule has 2 aromatic carbocycles. The molecule has 0 spiro atoms. The van der Waals surface area contributed by atoms with Gasteiger partial charge in [-0.25, -0.2) is 0 Å². The monoisotopic (exact) mass is 321 g/mol. The summed E-state index contributed by atoms with van der Waals surface area (Å²) in [6, 6.07) is 15.9. The number of nitrogens with one attached hydrogen (secondary N) is 1. The molecule has 24 heavy (non-hydrogen) atoms. The fourth-order valence-corrected chi connectivity index (χ4v) is 3.00. The normalized spacial score (nSPS) is 18.7. The SMILES string of the molecule is Cc1ccc(/C=C/C(=O)N[C@H]2CC(C)(C)Oc3ccccc32)cc1. The molecule has 0 saturated carbocycles. The van der Waals surface area contributed by atoms with Gasteiger partial charge in [0, 0.05) is 18.1 Å². The minimum absolute atomic E-state index is 0.0416. The van der Waals surface area contributed by atoms with Gasteiger partial charge in [-0.1, -0.05) is 48.0 Å². The van der Waals surface area contributed by atoms with Crippen molar-refractivity contribution in [1.82, 2.24) is 5.32 Å². The molecule has 1 N–H and O–H groups in total. The van der Waals surface area contributed by atoms with Crippen molar-refractivity contribution in [2.24, 2.45) is 0 Å². The third kappa shape index (κ3) is 3.85. The quantitative estimate of drug-likeness (QED) is 0.850. The maximum absolute atomic E-state index is 12.3. The number of amides is 1. The van der Waals surface area contributed by atoms with Crippen molar-refractivity contribution >= 4 is 12.0 Å². The van der Waals surface area contributed by atoms with Crippen LogP contribution in [0.2, 0.25) is 0 Å². The van der Waals surface area contributed by atoms with E-state index in [4.69, 9.17) is 4.74 Å². The topological polar surface area (TPSA) is 38.3 Å². The third-order valence-electron chi connectivity index (χ3n) is 4.20. The highest BCUT2D eigenvalue weighted by atomic mass is 16.5. The molecule has 0 radical (unpaired) electrons. The molecule has 0 bridgehead atoms. The van der Waals surface area contributed by atoms with Crippen LogP contribution in [0.15, 0.2) is 54.6 Å². The zero-order chi connectivity index (χ0) is 17.2. The van der Waals surface area contributed by atoms with E-state index in [9.17, 15) is 4.79 Å². The molecule has 3 nitrogen and oxygen atoms in total. The Morgan fingerprint density at radius 3 is 2.62 bits per heavy atom. The molecule has 0 saturated heterocycles. The van der Waals surface area contributed by atoms with Crippen LogP contribution < -0.4 is 10.1 Å². The van der Waals surface area contributed by atoms with Crippen LogP contribution in [-0.4, -0.2) is 11.5 Å². The van der Waals surface area contributed by atoms with Crippen LogP contribution in [-0.2, 0) is 4.79 Å². The highest BCUT2D eigenvalue weighted by Crippen LogP contribution is 2.39. The first-order valence-electron chi connectivity index (χ1n) is 8.26. The van der Waals surface area contributed by atoms with Crippen molar-refractivity contribution in [2.45, 2.75) is 38.8 Å². The molecule has 1 aliphatic heterocycles. The van der Waals surface area contributed by atoms with Crippen molar-refractivity contribution in [2.75, 3.05) is 0 Å². The number of aryl methyl sites for hydroxylation is 1. The first-order chi connectivity index (χ1) is 11.4. The van der Waals surface area contributed by atoms with Crippen LogP contribution in [0.25, 0.3) is 6.08 Å². The van der Waals surface area contributed by atoms with Gasteiger partial charge < -0.3 is 10.1 Å². The lowest BCUT2D eigenvalue weighted by Gasteiger charge is -2.37. The van der Waals surface area contributed by atoms with E-state index in [2.05, 4.69) is 5.32 Å². The maximum atomic E-state index is 12.3. The molecular formula is C21H23NO2. The number of para-hydroxylation sites is 1. The van der Waals surface area contributed by atoms with Gasteiger partial charge in [0.2, 0.25) is 5.91 Å². The van der Waals surface area contributed by atoms with Crippen molar-refractivity contribution in [3.8, 4) is 5.75 Å². The second-order valence-electron chi connectivity index (χ2n) is 6.91. The highest BCUT2D eigenvalue weighted by molar-refractivity contribution is 5.92. The molecule has 1 amide bonds. The second kappa shape index (κ2) is 6.52. The fraction of sp³-hybridized carbons (Fsp3) is 0.286. The Hall–Kier alpha value is -2.55. The van der Waals surface area contributed by atoms with E-state index in [1.807, 2.05) is 75.4 Å². The standard InChI is InChI=1S/C21H23NO2/c1-15-8-10-16(11-9-15)12-13-20(23)22-18-14-21(2,3)24-19-7-5-4-6-17(18)19/h4-13,18H,14H2,1-3H3,(H,22,23)/b13-12+/t18-/m0/s1. The van der Waals surface area contributed by atoms with Crippen molar-refractivity contribution in [3.05, 3.63) is 71.3 Å². The summed E-state index contributed by atoms with van der Waals surface area (Å²) in [5.41, 5.74) is 2.96. The van der Waals surface area contributed by atoms with E-state index in [0.29, 0.717) is 0 Å². The molecule has 0 aliphatic carbocycles. The predicted octanol–water partition coefficient (Wildman–Crippen LogP) is 4.43. The number of fused-ring (bicyclic) bond motifs is 1. The van der Waals surface area contributed by atoms with Gasteiger partial charge in [-0.05, 0) is 38.5 Å². The van der Waals surface area contributed by atoms with Gasteiger partial charge in [-0.15, -0.1) is 0 Å². The summed E-state index contributed by atoms with van der Waals surface area (Å²) in [6.07, 6.45) is 4.18. The molecule has 0 aromatic heterocycles. The summed E-state index contributed by atoms with van der Waals surface area (Å²) in [7, 11) is 0. The summed E-state index contributed by atoms with van der Waals surface area (Å²) < 4.78 is 6.00. The van der Waals surface area contributed by atoms with E-state index in [-0.39, 0.29) is 17.6 Å². The summed E-state index contributed by atoms with van der Waals surface area (Å²) >= 11 is 0. The van der Waals surface area contributed by atoms with Crippen LogP contribution in [0.4, 0.5) is 0 Å². The van der Waals surface area contributed by atoms with Crippen LogP contribution in [0, 0.1) is 6.92 Å². The van der Waals surface area contributed by atoms with Gasteiger partial charge >= 0.3 is 0 Å². The van der Waals surface area contributed by atoms with Gasteiger partial charge in [0.1, 0.15) is 11.4 Å². The first kappa shape index (κ1) is 16.3. The molecule has 3 rings (SSSR count). The molecule has 1 atom stereocenters. The molecule has 1 heterocycles. The van der Waals surface area contributed by atoms with Crippen LogP contribution >= 0.6 is 0 Å². The summed E-state index contributed by atoms with van der Waals surface area (Å²) in [6.45, 7) is 6.14. The molecule has 3 heteroatoms. The van der Waals surface area contributed by atoms with Gasteiger partial charge in [-0.2, -0.15) is 0 Å². The number of benzene rings is 2. The number of hydrogen-bond donors (Lipinski definition) is 1. The Morgan fingerprint density at radius 1 is 1.17 bits per heavy atom. The minimum atomic E-state index is -0.299. The van der Waals surface area contributed by atoms with Crippen molar-refractivity contribution < 1.29 is 9.53 Å². The molecule has 0 fully saturated rings. The van der Waals surface area contributed by atoms with Crippen LogP contribution in [0.1, 0.15) is 43.0 Å². The number of carbonyl (C=O) groups is 1. The van der Waals surface area contributed by atoms with Gasteiger partial charge in [-0.3, -0.25) is 4.79 Å². The van der Waals surface area contributed by atoms with E-state index in [1.54, 1.807) is 6.08 Å². The van der Waals surface area contributed by atoms with Gasteiger partial charge in [0.05, 0.1) is 6.04 Å². The lowest BCUT2D eigenvalue weighted by molar-refractivity contribution is -0.117. The van der Waals surface area contributed by atoms with E-state index >= 15 is 0 Å².